The van der Waals surface area contributed by atoms with Crippen LogP contribution in [0.25, 0.3) is 0 Å². The number of nitrogens with one attached hydrogen (secondary N) is 2. The number of hydrogen-bond donors (Lipinski definition) is 3. The van der Waals surface area contributed by atoms with Crippen LogP contribution in [0.4, 0.5) is 11.4 Å². The largest absolute Gasteiger partial charge is 0.497 e. The maximum atomic E-state index is 14.6. The van der Waals surface area contributed by atoms with Crippen LogP contribution < -0.4 is 25.5 Å². The summed E-state index contributed by atoms with van der Waals surface area (Å²) in [4.78, 5) is 45.3. The number of methoxy groups -OCH3 is 1. The second-order valence-electron chi connectivity index (χ2n) is 14.5. The molecule has 0 aromatic heterocycles. The highest BCUT2D eigenvalue weighted by molar-refractivity contribution is 6.91. The minimum Gasteiger partial charge on any atom is -0.497 e. The van der Waals surface area contributed by atoms with Gasteiger partial charge in [-0.15, -0.1) is 0 Å². The lowest BCUT2D eigenvalue weighted by Crippen LogP contribution is -2.52. The standard InChI is InChI=1S/C39H50N4O6Si/c1-26-36(50(4,5)31-16-14-30(48-3)15-17-31)34(23-35(45)43(20-21-44)25-27-10-7-6-8-11-27)49-39(26)32-22-29(13-18-33(32)42(2)38(39)47)41-37(46)28-12-9-19-40-24-28/h6-8,10-11,13-18,22,26,28,34,36,40,44H,9,12,19-21,23-25H2,1-5H3,(H,41,46)/t26-,28?,34+,36-,39+/m0/s1. The summed E-state index contributed by atoms with van der Waals surface area (Å²) in [5, 5.41) is 17.5. The molecule has 1 unspecified atom stereocenters. The number of nitrogens with zero attached hydrogens (tertiary/aromatic N) is 2. The zero-order chi connectivity index (χ0) is 35.6. The zero-order valence-electron chi connectivity index (χ0n) is 29.8. The molecule has 2 fully saturated rings. The van der Waals surface area contributed by atoms with Gasteiger partial charge in [-0.1, -0.05) is 67.7 Å². The van der Waals surface area contributed by atoms with Gasteiger partial charge in [0.2, 0.25) is 11.8 Å². The van der Waals surface area contributed by atoms with E-state index in [-0.39, 0.29) is 54.7 Å². The quantitative estimate of drug-likeness (QED) is 0.257. The van der Waals surface area contributed by atoms with Crippen LogP contribution >= 0.6 is 0 Å². The van der Waals surface area contributed by atoms with Crippen LogP contribution in [0.2, 0.25) is 18.6 Å². The van der Waals surface area contributed by atoms with Crippen molar-refractivity contribution in [1.82, 2.24) is 10.2 Å². The van der Waals surface area contributed by atoms with Crippen LogP contribution in [-0.4, -0.2) is 82.3 Å². The van der Waals surface area contributed by atoms with Crippen LogP contribution in [0.1, 0.15) is 37.3 Å². The summed E-state index contributed by atoms with van der Waals surface area (Å²) in [5.74, 6) is -0.00198. The van der Waals surface area contributed by atoms with Gasteiger partial charge >= 0.3 is 0 Å². The molecule has 3 aliphatic heterocycles. The summed E-state index contributed by atoms with van der Waals surface area (Å²) in [6.45, 7) is 8.60. The monoisotopic (exact) mass is 698 g/mol. The number of rotatable bonds is 11. The van der Waals surface area contributed by atoms with E-state index >= 15 is 0 Å². The Hall–Kier alpha value is -4.03. The Labute approximate surface area is 296 Å². The molecule has 3 aliphatic rings. The van der Waals surface area contributed by atoms with Crippen LogP contribution in [0.3, 0.4) is 0 Å². The van der Waals surface area contributed by atoms with Gasteiger partial charge in [0.1, 0.15) is 5.75 Å². The van der Waals surface area contributed by atoms with Gasteiger partial charge in [0.25, 0.3) is 5.91 Å². The summed E-state index contributed by atoms with van der Waals surface area (Å²) in [7, 11) is 0.930. The van der Waals surface area contributed by atoms with Gasteiger partial charge in [-0.05, 0) is 60.8 Å². The van der Waals surface area contributed by atoms with E-state index in [0.717, 1.165) is 36.4 Å². The smallest absolute Gasteiger partial charge is 0.264 e. The Kier molecular flexibility index (Phi) is 10.5. The highest BCUT2D eigenvalue weighted by Gasteiger charge is 2.66. The van der Waals surface area contributed by atoms with E-state index in [2.05, 4.69) is 42.8 Å². The van der Waals surface area contributed by atoms with E-state index in [1.165, 1.54) is 5.19 Å². The molecule has 3 aromatic rings. The Morgan fingerprint density at radius 2 is 1.86 bits per heavy atom. The normalized spacial score (nSPS) is 24.7. The molecule has 3 aromatic carbocycles. The molecule has 11 heteroatoms. The SMILES string of the molecule is COc1ccc([Si](C)(C)[C@@H]2[C@@H](CC(=O)N(CCO)Cc3ccccc3)O[C@]3(C(=O)N(C)c4ccc(NC(=O)C5CCCNC5)cc43)[C@H]2C)cc1. The number of fused-ring (bicyclic) bond motifs is 2. The number of amides is 3. The van der Waals surface area contributed by atoms with Crippen LogP contribution in [-0.2, 0) is 31.3 Å². The minimum absolute atomic E-state index is 0.0407. The number of likely N-dealkylation sites (N-methyl/N-ethyl adjacent to an activating group) is 1. The molecular formula is C39H50N4O6Si. The summed E-state index contributed by atoms with van der Waals surface area (Å²) in [6, 6.07) is 23.5. The van der Waals surface area contributed by atoms with E-state index in [4.69, 9.17) is 9.47 Å². The third-order valence-electron chi connectivity index (χ3n) is 11.2. The van der Waals surface area contributed by atoms with E-state index < -0.39 is 19.8 Å². The molecule has 10 nitrogen and oxygen atoms in total. The van der Waals surface area contributed by atoms with E-state index in [9.17, 15) is 19.5 Å². The van der Waals surface area contributed by atoms with Gasteiger partial charge in [0.05, 0.1) is 45.9 Å². The first-order valence-electron chi connectivity index (χ1n) is 17.7. The van der Waals surface area contributed by atoms with E-state index in [1.54, 1.807) is 24.0 Å². The Morgan fingerprint density at radius 3 is 2.52 bits per heavy atom. The van der Waals surface area contributed by atoms with Crippen LogP contribution in [0.15, 0.2) is 72.8 Å². The van der Waals surface area contributed by atoms with Gasteiger partial charge in [0.15, 0.2) is 5.60 Å². The number of anilines is 2. The second kappa shape index (κ2) is 14.7. The first-order valence-corrected chi connectivity index (χ1v) is 20.8. The van der Waals surface area contributed by atoms with Crippen molar-refractivity contribution >= 4 is 42.4 Å². The first-order chi connectivity index (χ1) is 24.0. The van der Waals surface area contributed by atoms with Crippen molar-refractivity contribution in [2.75, 3.05) is 50.6 Å². The number of hydrogen-bond acceptors (Lipinski definition) is 7. The number of ether oxygens (including phenoxy) is 2. The maximum absolute atomic E-state index is 14.6. The van der Waals surface area contributed by atoms with Gasteiger partial charge in [-0.25, -0.2) is 0 Å². The van der Waals surface area contributed by atoms with Crippen LogP contribution in [0.5, 0.6) is 5.75 Å². The fraction of sp³-hybridized carbons (Fsp3) is 0.462. The molecule has 3 amide bonds. The lowest BCUT2D eigenvalue weighted by Gasteiger charge is -2.37. The zero-order valence-corrected chi connectivity index (χ0v) is 30.8. The Bertz CT molecular complexity index is 1700. The lowest BCUT2D eigenvalue weighted by atomic mass is 9.82. The molecule has 0 aliphatic carbocycles. The summed E-state index contributed by atoms with van der Waals surface area (Å²) < 4.78 is 12.6. The molecule has 0 radical (unpaired) electrons. The van der Waals surface area contributed by atoms with Crippen molar-refractivity contribution in [2.24, 2.45) is 11.8 Å². The third-order valence-corrected chi connectivity index (χ3v) is 15.6. The second-order valence-corrected chi connectivity index (χ2v) is 19.2. The number of carbonyl (C=O) groups excluding carboxylic acids is 3. The summed E-state index contributed by atoms with van der Waals surface area (Å²) >= 11 is 0. The predicted octanol–water partition coefficient (Wildman–Crippen LogP) is 4.24. The first kappa shape index (κ1) is 35.8. The maximum Gasteiger partial charge on any atom is 0.264 e. The Balaban J connectivity index is 1.38. The number of carbonyl (C=O) groups is 3. The molecule has 50 heavy (non-hydrogen) atoms. The average Bonchev–Trinajstić information content (AvgIpc) is 3.54. The van der Waals surface area contributed by atoms with E-state index in [0.29, 0.717) is 24.3 Å². The molecule has 5 atom stereocenters. The number of aliphatic hydroxyl groups is 1. The van der Waals surface area contributed by atoms with Gasteiger partial charge < -0.3 is 35.0 Å². The van der Waals surface area contributed by atoms with Gasteiger partial charge in [0, 0.05) is 43.9 Å². The summed E-state index contributed by atoms with van der Waals surface area (Å²) in [6.07, 6.45) is 1.27. The van der Waals surface area contributed by atoms with Crippen molar-refractivity contribution in [3.63, 3.8) is 0 Å². The Morgan fingerprint density at radius 1 is 1.12 bits per heavy atom. The van der Waals surface area contributed by atoms with Crippen molar-refractivity contribution in [3.05, 3.63) is 83.9 Å². The molecule has 3 heterocycles. The van der Waals surface area contributed by atoms with Crippen molar-refractivity contribution in [3.8, 4) is 5.75 Å². The third kappa shape index (κ3) is 6.59. The molecule has 1 spiro atoms. The van der Waals surface area contributed by atoms with Crippen LogP contribution in [0, 0.1) is 11.8 Å². The number of benzene rings is 3. The fourth-order valence-corrected chi connectivity index (χ4v) is 12.5. The topological polar surface area (TPSA) is 120 Å². The molecule has 2 saturated heterocycles. The van der Waals surface area contributed by atoms with E-state index in [1.807, 2.05) is 60.7 Å². The van der Waals surface area contributed by atoms with Gasteiger partial charge in [-0.2, -0.15) is 0 Å². The molecular weight excluding hydrogens is 649 g/mol. The highest BCUT2D eigenvalue weighted by Crippen LogP contribution is 2.60. The average molecular weight is 699 g/mol. The van der Waals surface area contributed by atoms with Crippen molar-refractivity contribution < 1.29 is 29.0 Å². The summed E-state index contributed by atoms with van der Waals surface area (Å²) in [5.41, 5.74) is 1.56. The lowest BCUT2D eigenvalue weighted by molar-refractivity contribution is -0.149. The minimum atomic E-state index is -2.48. The fourth-order valence-electron chi connectivity index (χ4n) is 8.53. The van der Waals surface area contributed by atoms with Crippen molar-refractivity contribution in [2.45, 2.75) is 63.1 Å². The molecule has 266 valence electrons. The molecule has 3 N–H and O–H groups in total. The predicted molar refractivity (Wildman–Crippen MR) is 197 cm³/mol. The number of piperidine rings is 1. The number of aliphatic hydroxyl groups excluding tert-OH is 1. The molecule has 0 saturated carbocycles. The molecule has 6 rings (SSSR count). The van der Waals surface area contributed by atoms with Gasteiger partial charge in [-0.3, -0.25) is 14.4 Å². The van der Waals surface area contributed by atoms with Crippen molar-refractivity contribution in [1.29, 1.82) is 0 Å². The highest BCUT2D eigenvalue weighted by atomic mass is 28.3. The molecule has 0 bridgehead atoms.